The van der Waals surface area contributed by atoms with Crippen LogP contribution >= 0.6 is 0 Å². The van der Waals surface area contributed by atoms with Crippen molar-refractivity contribution < 1.29 is 43.7 Å². The second-order valence-corrected chi connectivity index (χ2v) is 18.2. The molecule has 0 aliphatic carbocycles. The number of carbonyl (C=O) groups is 5. The number of aryl methyl sites for hydroxylation is 2. The molecule has 0 saturated carbocycles. The monoisotopic (exact) mass is 963 g/mol. The highest BCUT2D eigenvalue weighted by atomic mass is 16.5. The first kappa shape index (κ1) is 53.9. The average molecular weight is 964 g/mol. The van der Waals surface area contributed by atoms with Crippen LogP contribution in [0.25, 0.3) is 22.5 Å². The van der Waals surface area contributed by atoms with Crippen molar-refractivity contribution in [3.05, 3.63) is 94.3 Å². The molecule has 0 saturated heterocycles. The van der Waals surface area contributed by atoms with Crippen LogP contribution in [-0.2, 0) is 31.0 Å². The molecular weight excluding hydrogens is 899 g/mol. The predicted molar refractivity (Wildman–Crippen MR) is 261 cm³/mol. The van der Waals surface area contributed by atoms with Gasteiger partial charge < -0.3 is 63.1 Å². The van der Waals surface area contributed by atoms with E-state index in [9.17, 15) is 39.4 Å². The number of nitrogens with one attached hydrogen (secondary N) is 4. The molecule has 4 aromatic rings. The summed E-state index contributed by atoms with van der Waals surface area (Å²) in [6.07, 6.45) is -2.25. The van der Waals surface area contributed by atoms with E-state index < -0.39 is 65.9 Å². The highest BCUT2D eigenvalue weighted by molar-refractivity contribution is 6.00. The Bertz CT molecular complexity index is 2550. The molecular formula is C50H65N11O9. The van der Waals surface area contributed by atoms with Crippen LogP contribution < -0.4 is 47.9 Å². The van der Waals surface area contributed by atoms with Crippen molar-refractivity contribution in [1.29, 1.82) is 5.26 Å². The van der Waals surface area contributed by atoms with Gasteiger partial charge >= 0.3 is 0 Å². The van der Waals surface area contributed by atoms with Gasteiger partial charge in [-0.3, -0.25) is 24.0 Å². The number of carbonyl (C=O) groups excluding carboxylic acids is 5. The minimum Gasteiger partial charge on any atom is -0.490 e. The van der Waals surface area contributed by atoms with Gasteiger partial charge in [0, 0.05) is 43.2 Å². The number of hydrogen-bond acceptors (Lipinski definition) is 15. The molecule has 0 unspecified atom stereocenters. The minimum absolute atomic E-state index is 0.0392. The maximum Gasteiger partial charge on any atom is 0.255 e. The Kier molecular flexibility index (Phi) is 18.5. The van der Waals surface area contributed by atoms with Crippen LogP contribution in [0.1, 0.15) is 78.6 Å². The van der Waals surface area contributed by atoms with Gasteiger partial charge in [-0.15, -0.1) is 0 Å². The minimum atomic E-state index is -1.50. The lowest BCUT2D eigenvalue weighted by Gasteiger charge is -2.32. The number of aliphatic hydroxyl groups excluding tert-OH is 2. The number of hydrogen-bond donors (Lipinski definition) is 9. The third-order valence-electron chi connectivity index (χ3n) is 11.8. The standard InChI is InChI=1S/C50H65N11O9/c1-27-42(28(2)57-44(56-27)31-9-12-33(13-10-31)50(4,5)6)47(66)59-38(16-17-51)49(68)61(7)43-32-11-15-41(70-26-35(63)24-54)37(22-32)36-20-30(8-14-40(36)69-25-34(62)23-53)21-39(46(65)55-19-18-52)60-45(64)29(3)58-48(43)67/h8-15,20,22,29,34-35,38-39,43,62-63H,16-17,19,21,23-26,51,53-54H2,1-7H3,(H,55,65)(H,58,67)(H,59,66)(H,60,64)/t29-,34-,35-,38-,39-,43-/m0/s1. The summed E-state index contributed by atoms with van der Waals surface area (Å²) in [5.41, 5.74) is 21.5. The van der Waals surface area contributed by atoms with Gasteiger partial charge in [-0.25, -0.2) is 9.97 Å². The lowest BCUT2D eigenvalue weighted by Crippen LogP contribution is -2.56. The number of nitrogens with zero attached hydrogens (tertiary/aromatic N) is 4. The fourth-order valence-electron chi connectivity index (χ4n) is 7.82. The summed E-state index contributed by atoms with van der Waals surface area (Å²) < 4.78 is 12.2. The van der Waals surface area contributed by atoms with E-state index in [1.165, 1.54) is 26.1 Å². The maximum atomic E-state index is 14.8. The molecule has 4 bridgehead atoms. The molecule has 5 rings (SSSR count). The zero-order valence-electron chi connectivity index (χ0n) is 40.7. The van der Waals surface area contributed by atoms with E-state index in [0.717, 1.165) is 16.0 Å². The Labute approximate surface area is 407 Å². The van der Waals surface area contributed by atoms with E-state index in [0.29, 0.717) is 33.9 Å². The largest absolute Gasteiger partial charge is 0.490 e. The van der Waals surface area contributed by atoms with Crippen molar-refractivity contribution >= 4 is 29.5 Å². The van der Waals surface area contributed by atoms with E-state index in [1.54, 1.807) is 38.1 Å². The maximum absolute atomic E-state index is 14.8. The zero-order chi connectivity index (χ0) is 51.4. The quantitative estimate of drug-likeness (QED) is 0.0666. The number of nitriles is 1. The molecule has 6 atom stereocenters. The summed E-state index contributed by atoms with van der Waals surface area (Å²) in [6.45, 7) is 10.0. The topological polar surface area (TPSA) is 323 Å². The molecule has 20 nitrogen and oxygen atoms in total. The van der Waals surface area contributed by atoms with E-state index >= 15 is 0 Å². The van der Waals surface area contributed by atoms with Crippen molar-refractivity contribution in [2.75, 3.05) is 46.4 Å². The van der Waals surface area contributed by atoms with Gasteiger partial charge in [-0.2, -0.15) is 5.26 Å². The molecule has 5 amide bonds. The van der Waals surface area contributed by atoms with Gasteiger partial charge in [-0.05, 0) is 80.1 Å². The molecule has 1 aromatic heterocycles. The molecule has 2 heterocycles. The Balaban J connectivity index is 1.61. The molecule has 374 valence electrons. The van der Waals surface area contributed by atoms with Crippen LogP contribution in [0.3, 0.4) is 0 Å². The summed E-state index contributed by atoms with van der Waals surface area (Å²) in [5.74, 6) is -2.77. The lowest BCUT2D eigenvalue weighted by atomic mass is 9.86. The normalized spacial score (nSPS) is 17.3. The SMILES string of the molecule is Cc1nc(-c2ccc(C(C)(C)C)cc2)nc(C)c1C(=O)N[C@@H](CCN)C(=O)N(C)[C@@H]1C(=O)N[C@@H](C)C(=O)N[C@H](C(=O)NCC#N)Cc2ccc(OC[C@@H](O)CN)c(c2)-c2cc1ccc2OC[C@@H](O)CN. The van der Waals surface area contributed by atoms with Crippen molar-refractivity contribution in [3.63, 3.8) is 0 Å². The Morgan fingerprint density at radius 3 is 2.03 bits per heavy atom. The Morgan fingerprint density at radius 2 is 1.47 bits per heavy atom. The highest BCUT2D eigenvalue weighted by Gasteiger charge is 2.36. The first-order chi connectivity index (χ1) is 33.2. The smallest absolute Gasteiger partial charge is 0.255 e. The van der Waals surface area contributed by atoms with Crippen molar-refractivity contribution in [1.82, 2.24) is 36.1 Å². The van der Waals surface area contributed by atoms with Gasteiger partial charge in [0.15, 0.2) is 5.82 Å². The van der Waals surface area contributed by atoms with Crippen molar-refractivity contribution in [2.45, 2.75) is 96.2 Å². The summed E-state index contributed by atoms with van der Waals surface area (Å²) in [6, 6.07) is 14.0. The first-order valence-electron chi connectivity index (χ1n) is 23.0. The fraction of sp³-hybridized carbons (Fsp3) is 0.440. The van der Waals surface area contributed by atoms with Gasteiger partial charge in [0.05, 0.1) is 23.0 Å². The van der Waals surface area contributed by atoms with E-state index in [2.05, 4.69) is 52.0 Å². The van der Waals surface area contributed by atoms with E-state index in [4.69, 9.17) is 26.7 Å². The van der Waals surface area contributed by atoms with Gasteiger partial charge in [-0.1, -0.05) is 57.2 Å². The van der Waals surface area contributed by atoms with Crippen LogP contribution in [0.5, 0.6) is 11.5 Å². The molecule has 3 aromatic carbocycles. The fourth-order valence-corrected chi connectivity index (χ4v) is 7.82. The molecule has 0 radical (unpaired) electrons. The lowest BCUT2D eigenvalue weighted by molar-refractivity contribution is -0.141. The third kappa shape index (κ3) is 13.4. The van der Waals surface area contributed by atoms with E-state index in [1.807, 2.05) is 30.3 Å². The predicted octanol–water partition coefficient (Wildman–Crippen LogP) is 0.954. The van der Waals surface area contributed by atoms with Crippen LogP contribution in [-0.4, -0.2) is 131 Å². The number of nitrogens with two attached hydrogens (primary N) is 3. The number of fused-ring (bicyclic) bond motifs is 5. The van der Waals surface area contributed by atoms with E-state index in [-0.39, 0.29) is 80.3 Å². The van der Waals surface area contributed by atoms with Crippen LogP contribution in [0.15, 0.2) is 60.7 Å². The second kappa shape index (κ2) is 24.0. The molecule has 1 aliphatic heterocycles. The molecule has 1 aliphatic rings. The summed E-state index contributed by atoms with van der Waals surface area (Å²) in [7, 11) is 1.37. The first-order valence-corrected chi connectivity index (χ1v) is 23.0. The number of amides is 5. The number of aromatic nitrogens is 2. The second-order valence-electron chi connectivity index (χ2n) is 18.2. The number of likely N-dealkylation sites (N-methyl/N-ethyl adjacent to an activating group) is 1. The zero-order valence-corrected chi connectivity index (χ0v) is 40.7. The van der Waals surface area contributed by atoms with Crippen molar-refractivity contribution in [3.8, 4) is 40.1 Å². The van der Waals surface area contributed by atoms with Crippen LogP contribution in [0.4, 0.5) is 0 Å². The van der Waals surface area contributed by atoms with Gasteiger partial charge in [0.25, 0.3) is 5.91 Å². The number of benzene rings is 3. The molecule has 0 fully saturated rings. The van der Waals surface area contributed by atoms with Gasteiger partial charge in [0.1, 0.15) is 67.6 Å². The number of aliphatic hydroxyl groups is 2. The molecule has 20 heteroatoms. The van der Waals surface area contributed by atoms with Gasteiger partial charge in [0.2, 0.25) is 23.6 Å². The Morgan fingerprint density at radius 1 is 0.886 bits per heavy atom. The molecule has 70 heavy (non-hydrogen) atoms. The highest BCUT2D eigenvalue weighted by Crippen LogP contribution is 2.40. The molecule has 12 N–H and O–H groups in total. The Hall–Kier alpha value is -7.02. The number of rotatable bonds is 17. The third-order valence-corrected chi connectivity index (χ3v) is 11.8. The van der Waals surface area contributed by atoms with Crippen LogP contribution in [0.2, 0.25) is 0 Å². The van der Waals surface area contributed by atoms with Crippen LogP contribution in [0, 0.1) is 25.2 Å². The summed E-state index contributed by atoms with van der Waals surface area (Å²) in [5, 5.41) is 40.7. The summed E-state index contributed by atoms with van der Waals surface area (Å²) in [4.78, 5) is 81.3. The summed E-state index contributed by atoms with van der Waals surface area (Å²) >= 11 is 0. The average Bonchev–Trinajstić information content (AvgIpc) is 3.32. The van der Waals surface area contributed by atoms with Crippen molar-refractivity contribution in [2.24, 2.45) is 17.2 Å². The molecule has 0 spiro atoms. The number of ether oxygens (including phenoxy) is 2.